The second-order valence-corrected chi connectivity index (χ2v) is 12.1. The lowest BCUT2D eigenvalue weighted by atomic mass is 10.0. The van der Waals surface area contributed by atoms with Crippen molar-refractivity contribution in [2.24, 2.45) is 5.73 Å². The summed E-state index contributed by atoms with van der Waals surface area (Å²) in [6.45, 7) is 5.85. The zero-order valence-corrected chi connectivity index (χ0v) is 27.6. The summed E-state index contributed by atoms with van der Waals surface area (Å²) < 4.78 is 4.93. The van der Waals surface area contributed by atoms with E-state index in [0.29, 0.717) is 17.0 Å². The number of hydrogen-bond acceptors (Lipinski definition) is 9. The van der Waals surface area contributed by atoms with Crippen LogP contribution < -0.4 is 27.0 Å². The Balaban J connectivity index is 2.32. The lowest BCUT2D eigenvalue weighted by molar-refractivity contribution is -0.156. The van der Waals surface area contributed by atoms with E-state index in [2.05, 4.69) is 16.0 Å². The number of amides is 5. The molecular formula is C30H37Cl2N5O7S. The predicted molar refractivity (Wildman–Crippen MR) is 171 cm³/mol. The molecule has 0 aliphatic rings. The molecule has 0 radical (unpaired) electrons. The molecule has 1 aromatic carbocycles. The maximum atomic E-state index is 13.7. The number of halogens is 2. The fourth-order valence-corrected chi connectivity index (χ4v) is 5.33. The van der Waals surface area contributed by atoms with Gasteiger partial charge in [-0.15, -0.1) is 11.3 Å². The SMILES string of the molecule is C/C=C(\C)C[C@H](N)NC(=O)[C@H](Cc1ccc(Cl)cc1Cl)NC(=O)[C@@H](Cc1cccs1)NC(=O)C[C@@H](OC(C)=O)C(=O)NC(C)=O. The summed E-state index contributed by atoms with van der Waals surface area (Å²) in [6.07, 6.45) is -0.768. The molecule has 45 heavy (non-hydrogen) atoms. The number of allylic oxidation sites excluding steroid dienone is 1. The summed E-state index contributed by atoms with van der Waals surface area (Å²) in [5.74, 6) is -4.66. The molecule has 2 aromatic rings. The van der Waals surface area contributed by atoms with Gasteiger partial charge in [-0.2, -0.15) is 0 Å². The second-order valence-electron chi connectivity index (χ2n) is 10.2. The molecule has 4 atom stereocenters. The van der Waals surface area contributed by atoms with Crippen LogP contribution in [0.3, 0.4) is 0 Å². The molecule has 0 aliphatic carbocycles. The van der Waals surface area contributed by atoms with Gasteiger partial charge >= 0.3 is 5.97 Å². The van der Waals surface area contributed by atoms with Crippen LogP contribution in [0.15, 0.2) is 47.4 Å². The molecule has 1 aromatic heterocycles. The number of rotatable bonds is 15. The van der Waals surface area contributed by atoms with Gasteiger partial charge in [0.05, 0.1) is 12.6 Å². The summed E-state index contributed by atoms with van der Waals surface area (Å²) in [4.78, 5) is 76.2. The van der Waals surface area contributed by atoms with E-state index in [4.69, 9.17) is 33.7 Å². The van der Waals surface area contributed by atoms with Crippen LogP contribution in [-0.2, 0) is 46.3 Å². The molecule has 5 amide bonds. The Hall–Kier alpha value is -3.78. The first-order chi connectivity index (χ1) is 21.2. The Morgan fingerprint density at radius 2 is 1.58 bits per heavy atom. The van der Waals surface area contributed by atoms with Gasteiger partial charge in [-0.3, -0.25) is 34.1 Å². The molecule has 2 rings (SSSR count). The molecule has 0 saturated carbocycles. The number of nitrogens with one attached hydrogen (secondary N) is 4. The number of ether oxygens (including phenoxy) is 1. The molecule has 0 saturated heterocycles. The smallest absolute Gasteiger partial charge is 0.303 e. The van der Waals surface area contributed by atoms with Crippen LogP contribution in [0.1, 0.15) is 51.0 Å². The monoisotopic (exact) mass is 681 g/mol. The molecule has 6 N–H and O–H groups in total. The second kappa shape index (κ2) is 18.3. The van der Waals surface area contributed by atoms with Crippen molar-refractivity contribution in [1.82, 2.24) is 21.3 Å². The van der Waals surface area contributed by atoms with Gasteiger partial charge in [-0.05, 0) is 43.0 Å². The fraction of sp³-hybridized carbons (Fsp3) is 0.400. The highest BCUT2D eigenvalue weighted by Crippen LogP contribution is 2.22. The Morgan fingerprint density at radius 3 is 2.16 bits per heavy atom. The number of thiophene rings is 1. The van der Waals surface area contributed by atoms with Crippen LogP contribution in [0.25, 0.3) is 0 Å². The van der Waals surface area contributed by atoms with Gasteiger partial charge in [0.1, 0.15) is 12.1 Å². The Labute approximate surface area is 275 Å². The zero-order chi connectivity index (χ0) is 33.7. The average molecular weight is 683 g/mol. The number of hydrogen-bond donors (Lipinski definition) is 5. The van der Waals surface area contributed by atoms with Gasteiger partial charge in [-0.1, -0.05) is 47.0 Å². The molecule has 0 unspecified atom stereocenters. The van der Waals surface area contributed by atoms with Gasteiger partial charge in [0.25, 0.3) is 5.91 Å². The lowest BCUT2D eigenvalue weighted by Crippen LogP contribution is -2.57. The van der Waals surface area contributed by atoms with Crippen LogP contribution in [0, 0.1) is 0 Å². The number of imide groups is 1. The predicted octanol–water partition coefficient (Wildman–Crippen LogP) is 2.55. The van der Waals surface area contributed by atoms with Gasteiger partial charge < -0.3 is 26.4 Å². The summed E-state index contributed by atoms with van der Waals surface area (Å²) in [5.41, 5.74) is 7.62. The Bertz CT molecular complexity index is 1420. The van der Waals surface area contributed by atoms with Crippen molar-refractivity contribution in [1.29, 1.82) is 0 Å². The minimum atomic E-state index is -1.62. The maximum Gasteiger partial charge on any atom is 0.303 e. The lowest BCUT2D eigenvalue weighted by Gasteiger charge is -2.25. The number of nitrogens with two attached hydrogens (primary N) is 1. The van der Waals surface area contributed by atoms with Gasteiger partial charge in [0, 0.05) is 48.0 Å². The summed E-state index contributed by atoms with van der Waals surface area (Å²) in [6, 6.07) is 5.91. The van der Waals surface area contributed by atoms with Crippen molar-refractivity contribution >= 4 is 70.0 Å². The van der Waals surface area contributed by atoms with Crippen molar-refractivity contribution in [3.8, 4) is 0 Å². The van der Waals surface area contributed by atoms with Crippen LogP contribution >= 0.6 is 34.5 Å². The molecule has 12 nitrogen and oxygen atoms in total. The molecular weight excluding hydrogens is 645 g/mol. The quantitative estimate of drug-likeness (QED) is 0.108. The highest BCUT2D eigenvalue weighted by atomic mass is 35.5. The van der Waals surface area contributed by atoms with E-state index in [-0.39, 0.29) is 17.9 Å². The van der Waals surface area contributed by atoms with E-state index in [1.165, 1.54) is 17.4 Å². The first kappa shape index (κ1) is 37.4. The standard InChI is InChI=1S/C30H37Cl2N5O7S/c1-5-16(2)11-26(33)37-29(42)23(12-19-8-9-20(31)13-22(19)32)36-28(41)24(14-21-7-6-10-45-21)35-27(40)15-25(44-18(4)39)30(43)34-17(3)38/h5-10,13,23-26H,11-12,14-15,33H2,1-4H3,(H,35,40)(H,36,41)(H,37,42)(H,34,38,43)/b16-5+/t23-,24+,25+,26+/m0/s1. The third kappa shape index (κ3) is 13.4. The third-order valence-corrected chi connectivity index (χ3v) is 7.83. The molecule has 0 spiro atoms. The molecule has 1 heterocycles. The summed E-state index contributed by atoms with van der Waals surface area (Å²) in [7, 11) is 0. The number of benzene rings is 1. The van der Waals surface area contributed by atoms with E-state index in [1.54, 1.807) is 29.6 Å². The first-order valence-corrected chi connectivity index (χ1v) is 15.5. The van der Waals surface area contributed by atoms with Crippen LogP contribution in [0.5, 0.6) is 0 Å². The van der Waals surface area contributed by atoms with E-state index in [0.717, 1.165) is 24.3 Å². The molecule has 0 bridgehead atoms. The molecule has 15 heteroatoms. The average Bonchev–Trinajstić information content (AvgIpc) is 3.45. The van der Waals surface area contributed by atoms with E-state index < -0.39 is 66.3 Å². The maximum absolute atomic E-state index is 13.7. The van der Waals surface area contributed by atoms with Gasteiger partial charge in [0.15, 0.2) is 6.10 Å². The minimum absolute atomic E-state index is 0.0255. The fourth-order valence-electron chi connectivity index (χ4n) is 4.09. The van der Waals surface area contributed by atoms with Crippen molar-refractivity contribution < 1.29 is 33.5 Å². The zero-order valence-electron chi connectivity index (χ0n) is 25.3. The van der Waals surface area contributed by atoms with Crippen molar-refractivity contribution in [3.05, 3.63) is 67.8 Å². The van der Waals surface area contributed by atoms with Gasteiger partial charge in [-0.25, -0.2) is 0 Å². The van der Waals surface area contributed by atoms with Crippen LogP contribution in [-0.4, -0.2) is 59.9 Å². The Morgan fingerprint density at radius 1 is 0.911 bits per heavy atom. The van der Waals surface area contributed by atoms with Crippen molar-refractivity contribution in [2.45, 2.75) is 77.7 Å². The number of carbonyl (C=O) groups is 6. The third-order valence-electron chi connectivity index (χ3n) is 6.34. The molecule has 0 fully saturated rings. The van der Waals surface area contributed by atoms with Crippen LogP contribution in [0.4, 0.5) is 0 Å². The minimum Gasteiger partial charge on any atom is -0.452 e. The summed E-state index contributed by atoms with van der Waals surface area (Å²) in [5, 5.41) is 12.4. The first-order valence-electron chi connectivity index (χ1n) is 13.9. The Kier molecular flexibility index (Phi) is 15.2. The van der Waals surface area contributed by atoms with Crippen molar-refractivity contribution in [2.75, 3.05) is 0 Å². The molecule has 244 valence electrons. The molecule has 0 aliphatic heterocycles. The summed E-state index contributed by atoms with van der Waals surface area (Å²) >= 11 is 13.7. The van der Waals surface area contributed by atoms with Gasteiger partial charge in [0.2, 0.25) is 23.6 Å². The topological polar surface area (TPSA) is 186 Å². The highest BCUT2D eigenvalue weighted by Gasteiger charge is 2.31. The van der Waals surface area contributed by atoms with Crippen molar-refractivity contribution in [3.63, 3.8) is 0 Å². The number of carbonyl (C=O) groups excluding carboxylic acids is 6. The van der Waals surface area contributed by atoms with E-state index in [9.17, 15) is 28.8 Å². The van der Waals surface area contributed by atoms with E-state index in [1.807, 2.05) is 25.2 Å². The highest BCUT2D eigenvalue weighted by molar-refractivity contribution is 7.09. The van der Waals surface area contributed by atoms with E-state index >= 15 is 0 Å². The van der Waals surface area contributed by atoms with Crippen LogP contribution in [0.2, 0.25) is 10.0 Å². The normalized spacial score (nSPS) is 13.9. The number of esters is 1. The largest absolute Gasteiger partial charge is 0.452 e.